The van der Waals surface area contributed by atoms with Gasteiger partial charge in [-0.2, -0.15) is 0 Å². The van der Waals surface area contributed by atoms with E-state index in [-0.39, 0.29) is 17.9 Å². The lowest BCUT2D eigenvalue weighted by molar-refractivity contribution is 0.0949. The largest absolute Gasteiger partial charge is 0.348 e. The lowest BCUT2D eigenvalue weighted by Crippen LogP contribution is -2.29. The minimum atomic E-state index is -0.475. The third-order valence-corrected chi connectivity index (χ3v) is 3.91. The fourth-order valence-corrected chi connectivity index (χ4v) is 2.60. The van der Waals surface area contributed by atoms with Crippen LogP contribution in [0.3, 0.4) is 0 Å². The third kappa shape index (κ3) is 3.48. The van der Waals surface area contributed by atoms with Crippen molar-refractivity contribution in [3.8, 4) is 0 Å². The molecule has 2 aromatic carbocycles. The number of fused-ring (bicyclic) bond motifs is 1. The van der Waals surface area contributed by atoms with Crippen LogP contribution in [0.4, 0.5) is 4.39 Å². The predicted octanol–water partition coefficient (Wildman–Crippen LogP) is 3.36. The van der Waals surface area contributed by atoms with Crippen LogP contribution in [0.15, 0.2) is 57.8 Å². The highest BCUT2D eigenvalue weighted by molar-refractivity contribution is 9.10. The fraction of sp³-hybridized carbons (Fsp3) is 0.0588. The van der Waals surface area contributed by atoms with E-state index in [2.05, 4.69) is 26.2 Å². The van der Waals surface area contributed by atoms with Crippen LogP contribution < -0.4 is 10.9 Å². The number of amides is 1. The molecule has 0 saturated carbocycles. The molecule has 116 valence electrons. The van der Waals surface area contributed by atoms with Gasteiger partial charge in [0.05, 0.1) is 0 Å². The second kappa shape index (κ2) is 6.34. The Labute approximate surface area is 139 Å². The number of hydrogen-bond acceptors (Lipinski definition) is 2. The van der Waals surface area contributed by atoms with E-state index >= 15 is 0 Å². The predicted molar refractivity (Wildman–Crippen MR) is 89.8 cm³/mol. The molecule has 0 bridgehead atoms. The molecule has 0 spiro atoms. The van der Waals surface area contributed by atoms with Gasteiger partial charge in [-0.25, -0.2) is 4.39 Å². The molecule has 0 aliphatic heterocycles. The molecule has 6 heteroatoms. The van der Waals surface area contributed by atoms with Crippen molar-refractivity contribution in [3.05, 3.63) is 80.3 Å². The zero-order valence-corrected chi connectivity index (χ0v) is 13.5. The Bertz CT molecular complexity index is 935. The Morgan fingerprint density at radius 1 is 1.13 bits per heavy atom. The average molecular weight is 375 g/mol. The molecule has 0 atom stereocenters. The van der Waals surface area contributed by atoms with Crippen molar-refractivity contribution in [2.75, 3.05) is 0 Å². The van der Waals surface area contributed by atoms with Gasteiger partial charge in [0.1, 0.15) is 11.4 Å². The van der Waals surface area contributed by atoms with E-state index < -0.39 is 11.5 Å². The number of aromatic nitrogens is 1. The number of pyridine rings is 1. The minimum absolute atomic E-state index is 0.0395. The lowest BCUT2D eigenvalue weighted by Gasteiger charge is -2.06. The summed E-state index contributed by atoms with van der Waals surface area (Å²) in [7, 11) is 0. The van der Waals surface area contributed by atoms with Gasteiger partial charge in [0, 0.05) is 21.9 Å². The summed E-state index contributed by atoms with van der Waals surface area (Å²) < 4.78 is 13.7. The summed E-state index contributed by atoms with van der Waals surface area (Å²) in [6, 6.07) is 12.8. The van der Waals surface area contributed by atoms with Crippen molar-refractivity contribution in [3.63, 3.8) is 0 Å². The van der Waals surface area contributed by atoms with Gasteiger partial charge in [-0.15, -0.1) is 0 Å². The molecule has 0 fully saturated rings. The number of H-pyrrole nitrogens is 1. The maximum Gasteiger partial charge on any atom is 0.261 e. The number of hydrogen-bond donors (Lipinski definition) is 2. The van der Waals surface area contributed by atoms with Gasteiger partial charge < -0.3 is 10.3 Å². The maximum atomic E-state index is 12.8. The summed E-state index contributed by atoms with van der Waals surface area (Å²) in [5.74, 6) is -0.811. The summed E-state index contributed by atoms with van der Waals surface area (Å²) in [4.78, 5) is 26.9. The highest BCUT2D eigenvalue weighted by atomic mass is 79.9. The highest BCUT2D eigenvalue weighted by Crippen LogP contribution is 2.17. The quantitative estimate of drug-likeness (QED) is 0.738. The average Bonchev–Trinajstić information content (AvgIpc) is 2.54. The van der Waals surface area contributed by atoms with Crippen molar-refractivity contribution in [2.45, 2.75) is 6.54 Å². The summed E-state index contributed by atoms with van der Waals surface area (Å²) in [6.45, 7) is 0.217. The second-order valence-corrected chi connectivity index (χ2v) is 5.97. The molecule has 0 aliphatic rings. The van der Waals surface area contributed by atoms with E-state index in [9.17, 15) is 14.0 Å². The van der Waals surface area contributed by atoms with Crippen molar-refractivity contribution >= 4 is 32.7 Å². The topological polar surface area (TPSA) is 62.0 Å². The molecular weight excluding hydrogens is 363 g/mol. The lowest BCUT2D eigenvalue weighted by atomic mass is 10.1. The van der Waals surface area contributed by atoms with Crippen LogP contribution in [-0.4, -0.2) is 10.9 Å². The first-order valence-electron chi connectivity index (χ1n) is 6.88. The van der Waals surface area contributed by atoms with Crippen molar-refractivity contribution in [1.29, 1.82) is 0 Å². The molecule has 0 radical (unpaired) electrons. The maximum absolute atomic E-state index is 12.8. The summed E-state index contributed by atoms with van der Waals surface area (Å²) >= 11 is 3.36. The Morgan fingerprint density at radius 2 is 1.87 bits per heavy atom. The molecule has 1 amide bonds. The number of halogens is 2. The minimum Gasteiger partial charge on any atom is -0.348 e. The molecule has 1 aromatic heterocycles. The first-order chi connectivity index (χ1) is 11.0. The highest BCUT2D eigenvalue weighted by Gasteiger charge is 2.11. The van der Waals surface area contributed by atoms with Gasteiger partial charge in [-0.05, 0) is 42.0 Å². The second-order valence-electron chi connectivity index (χ2n) is 5.05. The van der Waals surface area contributed by atoms with E-state index in [4.69, 9.17) is 0 Å². The van der Waals surface area contributed by atoms with Crippen LogP contribution in [0.25, 0.3) is 10.9 Å². The van der Waals surface area contributed by atoms with Crippen LogP contribution in [0.2, 0.25) is 0 Å². The van der Waals surface area contributed by atoms with Crippen molar-refractivity contribution in [1.82, 2.24) is 10.3 Å². The van der Waals surface area contributed by atoms with E-state index in [1.54, 1.807) is 24.3 Å². The summed E-state index contributed by atoms with van der Waals surface area (Å²) in [5, 5.41) is 3.42. The van der Waals surface area contributed by atoms with Gasteiger partial charge in [0.25, 0.3) is 11.5 Å². The Balaban J connectivity index is 1.84. The van der Waals surface area contributed by atoms with Crippen molar-refractivity contribution in [2.24, 2.45) is 0 Å². The SMILES string of the molecule is O=C(NCc1ccc(F)cc1)c1cc2cc(Br)ccc2[nH]c1=O. The first-order valence-corrected chi connectivity index (χ1v) is 7.67. The molecule has 4 nitrogen and oxygen atoms in total. The van der Waals surface area contributed by atoms with Crippen LogP contribution in [-0.2, 0) is 6.54 Å². The van der Waals surface area contributed by atoms with Crippen LogP contribution >= 0.6 is 15.9 Å². The zero-order valence-electron chi connectivity index (χ0n) is 11.9. The standard InChI is InChI=1S/C17H12BrFN2O2/c18-12-3-6-15-11(7-12)8-14(17(23)21-15)16(22)20-9-10-1-4-13(19)5-2-10/h1-8H,9H2,(H,20,22)(H,21,23). The Kier molecular flexibility index (Phi) is 4.25. The van der Waals surface area contributed by atoms with E-state index in [0.29, 0.717) is 5.52 Å². The van der Waals surface area contributed by atoms with E-state index in [0.717, 1.165) is 15.4 Å². The van der Waals surface area contributed by atoms with Gasteiger partial charge >= 0.3 is 0 Å². The molecule has 3 rings (SSSR count). The van der Waals surface area contributed by atoms with Crippen LogP contribution in [0.1, 0.15) is 15.9 Å². The molecule has 0 saturated heterocycles. The Hall–Kier alpha value is -2.47. The van der Waals surface area contributed by atoms with Crippen LogP contribution in [0, 0.1) is 5.82 Å². The Morgan fingerprint density at radius 3 is 2.61 bits per heavy atom. The van der Waals surface area contributed by atoms with E-state index in [1.165, 1.54) is 12.1 Å². The number of carbonyl (C=O) groups excluding carboxylic acids is 1. The van der Waals surface area contributed by atoms with Crippen molar-refractivity contribution < 1.29 is 9.18 Å². The van der Waals surface area contributed by atoms with Gasteiger partial charge in [0.15, 0.2) is 0 Å². The molecule has 0 unspecified atom stereocenters. The number of benzene rings is 2. The molecule has 1 heterocycles. The molecular formula is C17H12BrFN2O2. The number of rotatable bonds is 3. The van der Waals surface area contributed by atoms with Gasteiger partial charge in [0.2, 0.25) is 0 Å². The number of carbonyl (C=O) groups is 1. The monoisotopic (exact) mass is 374 g/mol. The summed E-state index contributed by atoms with van der Waals surface area (Å²) in [6.07, 6.45) is 0. The molecule has 0 aliphatic carbocycles. The number of aromatic amines is 1. The van der Waals surface area contributed by atoms with Gasteiger partial charge in [-0.1, -0.05) is 28.1 Å². The number of nitrogens with one attached hydrogen (secondary N) is 2. The smallest absolute Gasteiger partial charge is 0.261 e. The van der Waals surface area contributed by atoms with Crippen LogP contribution in [0.5, 0.6) is 0 Å². The zero-order chi connectivity index (χ0) is 16.4. The van der Waals surface area contributed by atoms with Gasteiger partial charge in [-0.3, -0.25) is 9.59 Å². The first kappa shape index (κ1) is 15.4. The fourth-order valence-electron chi connectivity index (χ4n) is 2.23. The summed E-state index contributed by atoms with van der Waals surface area (Å²) in [5.41, 5.74) is 1.00. The molecule has 23 heavy (non-hydrogen) atoms. The molecule has 2 N–H and O–H groups in total. The molecule has 3 aromatic rings. The third-order valence-electron chi connectivity index (χ3n) is 3.42. The normalized spacial score (nSPS) is 10.7. The van der Waals surface area contributed by atoms with E-state index in [1.807, 2.05) is 12.1 Å².